The van der Waals surface area contributed by atoms with Gasteiger partial charge in [0.2, 0.25) is 11.8 Å². The van der Waals surface area contributed by atoms with Crippen molar-refractivity contribution in [2.45, 2.75) is 26.3 Å². The smallest absolute Gasteiger partial charge is 0.315 e. The molecule has 6 nitrogen and oxygen atoms in total. The molecule has 0 aliphatic carbocycles. The summed E-state index contributed by atoms with van der Waals surface area (Å²) < 4.78 is 0. The third kappa shape index (κ3) is 3.23. The van der Waals surface area contributed by atoms with Crippen molar-refractivity contribution in [1.82, 2.24) is 4.90 Å². The maximum absolute atomic E-state index is 11.5. The predicted octanol–water partition coefficient (Wildman–Crippen LogP) is -0.571. The van der Waals surface area contributed by atoms with Crippen molar-refractivity contribution in [2.75, 3.05) is 7.05 Å². The Balaban J connectivity index is 4.69. The molecule has 0 spiro atoms. The van der Waals surface area contributed by atoms with Gasteiger partial charge in [-0.1, -0.05) is 6.92 Å². The van der Waals surface area contributed by atoms with Gasteiger partial charge in [0.25, 0.3) is 0 Å². The number of hydrogen-bond acceptors (Lipinski definition) is 3. The number of carbonyl (C=O) groups excluding carboxylic acids is 2. The molecule has 6 heteroatoms. The maximum atomic E-state index is 11.5. The third-order valence-corrected chi connectivity index (χ3v) is 2.27. The van der Waals surface area contributed by atoms with Gasteiger partial charge in [0, 0.05) is 7.05 Å². The van der Waals surface area contributed by atoms with Gasteiger partial charge in [-0.3, -0.25) is 14.4 Å². The minimum Gasteiger partial charge on any atom is -0.481 e. The van der Waals surface area contributed by atoms with Gasteiger partial charge in [-0.05, 0) is 13.3 Å². The zero-order valence-electron chi connectivity index (χ0n) is 9.06. The molecule has 0 aromatic carbocycles. The van der Waals surface area contributed by atoms with Crippen molar-refractivity contribution in [3.05, 3.63) is 0 Å². The van der Waals surface area contributed by atoms with E-state index in [0.717, 1.165) is 4.90 Å². The van der Waals surface area contributed by atoms with E-state index in [9.17, 15) is 14.4 Å². The molecule has 0 aromatic rings. The summed E-state index contributed by atoms with van der Waals surface area (Å²) in [4.78, 5) is 34.1. The van der Waals surface area contributed by atoms with Crippen LogP contribution in [0.2, 0.25) is 0 Å². The van der Waals surface area contributed by atoms with Gasteiger partial charge in [-0.25, -0.2) is 0 Å². The zero-order valence-corrected chi connectivity index (χ0v) is 9.06. The van der Waals surface area contributed by atoms with Crippen molar-refractivity contribution < 1.29 is 19.5 Å². The van der Waals surface area contributed by atoms with Gasteiger partial charge >= 0.3 is 5.97 Å². The molecule has 0 rings (SSSR count). The van der Waals surface area contributed by atoms with E-state index in [0.29, 0.717) is 6.42 Å². The lowest BCUT2D eigenvalue weighted by Gasteiger charge is -2.26. The lowest BCUT2D eigenvalue weighted by Crippen LogP contribution is -2.48. The molecule has 3 N–H and O–H groups in total. The van der Waals surface area contributed by atoms with Gasteiger partial charge in [0.05, 0.1) is 0 Å². The Bertz CT molecular complexity index is 277. The second-order valence-electron chi connectivity index (χ2n) is 3.34. The normalized spacial score (nSPS) is 14.1. The summed E-state index contributed by atoms with van der Waals surface area (Å²) in [5.41, 5.74) is 5.08. The number of hydrogen-bond donors (Lipinski definition) is 2. The molecule has 0 saturated carbocycles. The second-order valence-corrected chi connectivity index (χ2v) is 3.34. The van der Waals surface area contributed by atoms with E-state index in [1.165, 1.54) is 14.0 Å². The highest BCUT2D eigenvalue weighted by molar-refractivity contribution is 5.98. The van der Waals surface area contributed by atoms with E-state index in [4.69, 9.17) is 10.8 Å². The quantitative estimate of drug-likeness (QED) is 0.601. The summed E-state index contributed by atoms with van der Waals surface area (Å²) in [5.74, 6) is -3.63. The first kappa shape index (κ1) is 13.4. The number of nitrogens with zero attached hydrogens (tertiary/aromatic N) is 1. The number of carboxylic acid groups (broad SMARTS) is 1. The lowest BCUT2D eigenvalue weighted by atomic mass is 10.1. The van der Waals surface area contributed by atoms with Crippen LogP contribution in [-0.2, 0) is 14.4 Å². The number of carbonyl (C=O) groups is 3. The number of rotatable bonds is 5. The van der Waals surface area contributed by atoms with Crippen LogP contribution in [0.4, 0.5) is 0 Å². The Morgan fingerprint density at radius 3 is 2.13 bits per heavy atom. The zero-order chi connectivity index (χ0) is 12.2. The van der Waals surface area contributed by atoms with Gasteiger partial charge in [-0.15, -0.1) is 0 Å². The Labute approximate surface area is 88.0 Å². The molecule has 0 saturated heterocycles. The highest BCUT2D eigenvalue weighted by Gasteiger charge is 2.29. The van der Waals surface area contributed by atoms with Gasteiger partial charge in [-0.2, -0.15) is 0 Å². The summed E-state index contributed by atoms with van der Waals surface area (Å²) in [6, 6.07) is -0.751. The summed E-state index contributed by atoms with van der Waals surface area (Å²) in [6.45, 7) is 2.97. The van der Waals surface area contributed by atoms with E-state index in [1.807, 2.05) is 0 Å². The minimum atomic E-state index is -1.22. The molecule has 2 amide bonds. The highest BCUT2D eigenvalue weighted by atomic mass is 16.4. The molecular weight excluding hydrogens is 200 g/mol. The Morgan fingerprint density at radius 2 is 1.87 bits per heavy atom. The molecular formula is C9H16N2O4. The molecule has 0 aliphatic rings. The first-order valence-corrected chi connectivity index (χ1v) is 4.61. The fraction of sp³-hybridized carbons (Fsp3) is 0.667. The van der Waals surface area contributed by atoms with Crippen LogP contribution in [0, 0.1) is 5.92 Å². The molecule has 86 valence electrons. The van der Waals surface area contributed by atoms with Crippen LogP contribution in [-0.4, -0.2) is 40.9 Å². The second kappa shape index (κ2) is 5.33. The Morgan fingerprint density at radius 1 is 1.40 bits per heavy atom. The van der Waals surface area contributed by atoms with Crippen LogP contribution in [0.25, 0.3) is 0 Å². The van der Waals surface area contributed by atoms with E-state index < -0.39 is 29.7 Å². The first-order valence-electron chi connectivity index (χ1n) is 4.61. The standard InChI is InChI=1S/C9H16N2O4/c1-4-6(7(10)12)11(3)8(13)5(2)9(14)15/h5-6H,4H2,1-3H3,(H2,10,12)(H,14,15)/t5?,6-/m1/s1. The van der Waals surface area contributed by atoms with Crippen molar-refractivity contribution in [3.63, 3.8) is 0 Å². The average molecular weight is 216 g/mol. The van der Waals surface area contributed by atoms with Crippen LogP contribution >= 0.6 is 0 Å². The molecule has 1 unspecified atom stereocenters. The number of likely N-dealkylation sites (N-methyl/N-ethyl adjacent to an activating group) is 1. The van der Waals surface area contributed by atoms with E-state index in [2.05, 4.69) is 0 Å². The van der Waals surface area contributed by atoms with Crippen molar-refractivity contribution >= 4 is 17.8 Å². The van der Waals surface area contributed by atoms with Crippen molar-refractivity contribution in [1.29, 1.82) is 0 Å². The molecule has 15 heavy (non-hydrogen) atoms. The number of primary amides is 1. The molecule has 2 atom stereocenters. The molecule has 0 radical (unpaired) electrons. The Hall–Kier alpha value is -1.59. The number of aliphatic carboxylic acids is 1. The van der Waals surface area contributed by atoms with Crippen LogP contribution in [0.1, 0.15) is 20.3 Å². The minimum absolute atomic E-state index is 0.365. The van der Waals surface area contributed by atoms with Crippen LogP contribution < -0.4 is 5.73 Å². The van der Waals surface area contributed by atoms with Crippen molar-refractivity contribution in [3.8, 4) is 0 Å². The third-order valence-electron chi connectivity index (χ3n) is 2.27. The molecule has 0 aliphatic heterocycles. The average Bonchev–Trinajstić information content (AvgIpc) is 2.15. The summed E-state index contributed by atoms with van der Waals surface area (Å²) >= 11 is 0. The largest absolute Gasteiger partial charge is 0.481 e. The lowest BCUT2D eigenvalue weighted by molar-refractivity contribution is -0.152. The maximum Gasteiger partial charge on any atom is 0.315 e. The van der Waals surface area contributed by atoms with E-state index in [1.54, 1.807) is 6.92 Å². The fourth-order valence-electron chi connectivity index (χ4n) is 1.23. The van der Waals surface area contributed by atoms with Gasteiger partial charge < -0.3 is 15.7 Å². The van der Waals surface area contributed by atoms with Crippen LogP contribution in [0.3, 0.4) is 0 Å². The topological polar surface area (TPSA) is 101 Å². The van der Waals surface area contributed by atoms with Crippen LogP contribution in [0.15, 0.2) is 0 Å². The highest BCUT2D eigenvalue weighted by Crippen LogP contribution is 2.07. The Kier molecular flexibility index (Phi) is 4.77. The first-order chi connectivity index (χ1) is 6.82. The SMILES string of the molecule is CC[C@H](C(N)=O)N(C)C(=O)C(C)C(=O)O. The fourth-order valence-corrected chi connectivity index (χ4v) is 1.23. The van der Waals surface area contributed by atoms with E-state index >= 15 is 0 Å². The summed E-state index contributed by atoms with van der Waals surface area (Å²) in [7, 11) is 1.38. The summed E-state index contributed by atoms with van der Waals surface area (Å²) in [5, 5.41) is 8.63. The molecule has 0 fully saturated rings. The van der Waals surface area contributed by atoms with Gasteiger partial charge in [0.15, 0.2) is 0 Å². The number of amides is 2. The van der Waals surface area contributed by atoms with E-state index in [-0.39, 0.29) is 0 Å². The number of nitrogens with two attached hydrogens (primary N) is 1. The molecule has 0 aromatic heterocycles. The van der Waals surface area contributed by atoms with Crippen molar-refractivity contribution in [2.24, 2.45) is 11.7 Å². The molecule has 0 heterocycles. The monoisotopic (exact) mass is 216 g/mol. The van der Waals surface area contributed by atoms with Crippen LogP contribution in [0.5, 0.6) is 0 Å². The molecule has 0 bridgehead atoms. The summed E-state index contributed by atoms with van der Waals surface area (Å²) in [6.07, 6.45) is 0.365. The predicted molar refractivity (Wildman–Crippen MR) is 52.8 cm³/mol. The van der Waals surface area contributed by atoms with Gasteiger partial charge in [0.1, 0.15) is 12.0 Å². The number of carboxylic acids is 1.